The van der Waals surface area contributed by atoms with Gasteiger partial charge in [0.25, 0.3) is 0 Å². The van der Waals surface area contributed by atoms with Crippen molar-refractivity contribution >= 4 is 11.9 Å². The van der Waals surface area contributed by atoms with Gasteiger partial charge in [-0.15, -0.1) is 0 Å². The van der Waals surface area contributed by atoms with Crippen LogP contribution in [0, 0.1) is 11.7 Å². The highest BCUT2D eigenvalue weighted by Gasteiger charge is 2.49. The molecule has 4 aliphatic rings. The molecule has 4 fully saturated rings. The normalized spacial score (nSPS) is 25.0. The first-order valence-electron chi connectivity index (χ1n) is 13.7. The highest BCUT2D eigenvalue weighted by Crippen LogP contribution is 2.39. The Morgan fingerprint density at radius 2 is 1.54 bits per heavy atom. The molecule has 1 saturated carbocycles. The molecule has 2 atom stereocenters. The number of rotatable bonds is 7. The van der Waals surface area contributed by atoms with E-state index in [-0.39, 0.29) is 35.9 Å². The zero-order valence-corrected chi connectivity index (χ0v) is 21.6. The Hall–Kier alpha value is -2.97. The van der Waals surface area contributed by atoms with E-state index in [1.807, 2.05) is 34.0 Å². The molecule has 0 aromatic heterocycles. The van der Waals surface area contributed by atoms with E-state index >= 15 is 0 Å². The van der Waals surface area contributed by atoms with Gasteiger partial charge >= 0.3 is 6.03 Å². The summed E-state index contributed by atoms with van der Waals surface area (Å²) < 4.78 is 13.4. The molecule has 3 saturated heterocycles. The maximum atomic E-state index is 13.6. The molecule has 7 nitrogen and oxygen atoms in total. The smallest absolute Gasteiger partial charge is 0.336 e. The standard InChI is InChI=1S/C29H36FN5O2/c1-31-27(23-6-4-21(5-7-23)22-10-12-25(30)13-11-22)35(26-14-17-33(20-26)28(36)24-8-9-24)34(29(31)37)19-18-32-15-2-3-16-32/h4-7,10-13,24,26-27H,2-3,8-9,14-20H2,1H3. The van der Waals surface area contributed by atoms with Gasteiger partial charge in [0.15, 0.2) is 0 Å². The van der Waals surface area contributed by atoms with Crippen LogP contribution in [0.3, 0.4) is 0 Å². The molecule has 3 aliphatic heterocycles. The molecule has 6 rings (SSSR count). The molecule has 0 N–H and O–H groups in total. The van der Waals surface area contributed by atoms with Crippen LogP contribution in [0.25, 0.3) is 11.1 Å². The van der Waals surface area contributed by atoms with Crippen molar-refractivity contribution in [3.05, 3.63) is 59.9 Å². The molecule has 2 unspecified atom stereocenters. The molecule has 2 aromatic carbocycles. The number of nitrogens with zero attached hydrogens (tertiary/aromatic N) is 5. The third-order valence-electron chi connectivity index (χ3n) is 8.41. The van der Waals surface area contributed by atoms with Gasteiger partial charge in [0.2, 0.25) is 5.91 Å². The second-order valence-corrected chi connectivity index (χ2v) is 10.9. The first-order chi connectivity index (χ1) is 18.0. The lowest BCUT2D eigenvalue weighted by molar-refractivity contribution is -0.132. The van der Waals surface area contributed by atoms with Gasteiger partial charge in [-0.3, -0.25) is 9.80 Å². The van der Waals surface area contributed by atoms with E-state index < -0.39 is 0 Å². The number of hydrogen-bond donors (Lipinski definition) is 0. The van der Waals surface area contributed by atoms with Gasteiger partial charge in [-0.2, -0.15) is 5.01 Å². The molecule has 2 aromatic rings. The number of likely N-dealkylation sites (tertiary alicyclic amines) is 2. The second-order valence-electron chi connectivity index (χ2n) is 10.9. The summed E-state index contributed by atoms with van der Waals surface area (Å²) in [4.78, 5) is 32.7. The highest BCUT2D eigenvalue weighted by atomic mass is 19.1. The van der Waals surface area contributed by atoms with Crippen LogP contribution in [0.5, 0.6) is 0 Å². The van der Waals surface area contributed by atoms with Crippen LogP contribution in [0.2, 0.25) is 0 Å². The third kappa shape index (κ3) is 4.84. The summed E-state index contributed by atoms with van der Waals surface area (Å²) in [5.41, 5.74) is 3.01. The van der Waals surface area contributed by atoms with Crippen LogP contribution in [0.1, 0.15) is 43.8 Å². The van der Waals surface area contributed by atoms with E-state index in [0.29, 0.717) is 13.1 Å². The minimum atomic E-state index is -0.248. The van der Waals surface area contributed by atoms with Gasteiger partial charge in [-0.25, -0.2) is 9.18 Å². The maximum Gasteiger partial charge on any atom is 0.336 e. The number of benzene rings is 2. The van der Waals surface area contributed by atoms with Crippen molar-refractivity contribution in [3.63, 3.8) is 0 Å². The van der Waals surface area contributed by atoms with E-state index in [0.717, 1.165) is 62.1 Å². The van der Waals surface area contributed by atoms with Gasteiger partial charge in [-0.1, -0.05) is 36.4 Å². The summed E-state index contributed by atoms with van der Waals surface area (Å²) in [6, 6.07) is 14.9. The van der Waals surface area contributed by atoms with Crippen molar-refractivity contribution in [2.75, 3.05) is 46.3 Å². The van der Waals surface area contributed by atoms with Gasteiger partial charge in [0.05, 0.1) is 12.6 Å². The van der Waals surface area contributed by atoms with E-state index in [4.69, 9.17) is 0 Å². The van der Waals surface area contributed by atoms with Crippen molar-refractivity contribution in [3.8, 4) is 11.1 Å². The molecule has 1 aliphatic carbocycles. The molecular formula is C29H36FN5O2. The molecule has 0 radical (unpaired) electrons. The van der Waals surface area contributed by atoms with Crippen LogP contribution < -0.4 is 0 Å². The first-order valence-corrected chi connectivity index (χ1v) is 13.7. The highest BCUT2D eigenvalue weighted by molar-refractivity contribution is 5.81. The Morgan fingerprint density at radius 3 is 2.19 bits per heavy atom. The van der Waals surface area contributed by atoms with Crippen LogP contribution in [0.4, 0.5) is 9.18 Å². The summed E-state index contributed by atoms with van der Waals surface area (Å²) in [5, 5.41) is 4.19. The maximum absolute atomic E-state index is 13.6. The fourth-order valence-electron chi connectivity index (χ4n) is 6.16. The first kappa shape index (κ1) is 24.4. The fraction of sp³-hybridized carbons (Fsp3) is 0.517. The summed E-state index contributed by atoms with van der Waals surface area (Å²) >= 11 is 0. The number of halogens is 1. The lowest BCUT2D eigenvalue weighted by atomic mass is 10.0. The molecule has 3 amide bonds. The number of carbonyl (C=O) groups is 2. The Bertz CT molecular complexity index is 1130. The number of amides is 3. The molecule has 3 heterocycles. The SMILES string of the molecule is CN1C(=O)N(CCN2CCCC2)N(C2CCN(C(=O)C3CC3)C2)C1c1ccc(-c2ccc(F)cc2)cc1. The Labute approximate surface area is 218 Å². The number of hydrogen-bond acceptors (Lipinski definition) is 4. The third-order valence-corrected chi connectivity index (χ3v) is 8.41. The second kappa shape index (κ2) is 10.1. The topological polar surface area (TPSA) is 50.3 Å². The zero-order valence-electron chi connectivity index (χ0n) is 21.6. The number of carbonyl (C=O) groups excluding carboxylic acids is 2. The predicted molar refractivity (Wildman–Crippen MR) is 140 cm³/mol. The van der Waals surface area contributed by atoms with Crippen LogP contribution in [0.15, 0.2) is 48.5 Å². The monoisotopic (exact) mass is 505 g/mol. The van der Waals surface area contributed by atoms with Crippen LogP contribution in [-0.2, 0) is 4.79 Å². The molecule has 37 heavy (non-hydrogen) atoms. The summed E-state index contributed by atoms with van der Waals surface area (Å²) in [6.45, 7) is 5.13. The van der Waals surface area contributed by atoms with E-state index in [2.05, 4.69) is 22.0 Å². The van der Waals surface area contributed by atoms with Gasteiger partial charge in [0, 0.05) is 32.6 Å². The Kier molecular flexibility index (Phi) is 6.63. The summed E-state index contributed by atoms with van der Waals surface area (Å²) in [6.07, 6.45) is 5.10. The van der Waals surface area contributed by atoms with Crippen molar-refractivity contribution in [2.45, 2.75) is 44.3 Å². The zero-order chi connectivity index (χ0) is 25.5. The number of hydrazine groups is 1. The lowest BCUT2D eigenvalue weighted by Crippen LogP contribution is -2.50. The van der Waals surface area contributed by atoms with E-state index in [1.54, 1.807) is 12.1 Å². The van der Waals surface area contributed by atoms with Crippen molar-refractivity contribution in [2.24, 2.45) is 5.92 Å². The fourth-order valence-corrected chi connectivity index (χ4v) is 6.16. The predicted octanol–water partition coefficient (Wildman–Crippen LogP) is 4.18. The Balaban J connectivity index is 1.26. The minimum absolute atomic E-state index is 0.0128. The lowest BCUT2D eigenvalue weighted by Gasteiger charge is -2.36. The molecule has 196 valence electrons. The van der Waals surface area contributed by atoms with Gasteiger partial charge in [-0.05, 0) is 74.0 Å². The summed E-state index contributed by atoms with van der Waals surface area (Å²) in [7, 11) is 1.88. The van der Waals surface area contributed by atoms with Crippen LogP contribution in [-0.4, -0.2) is 89.0 Å². The molecular weight excluding hydrogens is 469 g/mol. The molecule has 0 spiro atoms. The van der Waals surface area contributed by atoms with Gasteiger partial charge in [0.1, 0.15) is 12.0 Å². The molecule has 0 bridgehead atoms. The van der Waals surface area contributed by atoms with Gasteiger partial charge < -0.3 is 14.7 Å². The average molecular weight is 506 g/mol. The quantitative estimate of drug-likeness (QED) is 0.567. The number of urea groups is 1. The van der Waals surface area contributed by atoms with E-state index in [9.17, 15) is 14.0 Å². The van der Waals surface area contributed by atoms with Crippen molar-refractivity contribution in [1.82, 2.24) is 24.7 Å². The van der Waals surface area contributed by atoms with Crippen molar-refractivity contribution < 1.29 is 14.0 Å². The Morgan fingerprint density at radius 1 is 0.892 bits per heavy atom. The average Bonchev–Trinajstić information content (AvgIpc) is 3.31. The largest absolute Gasteiger partial charge is 0.341 e. The summed E-state index contributed by atoms with van der Waals surface area (Å²) in [5.74, 6) is 0.245. The minimum Gasteiger partial charge on any atom is -0.341 e. The van der Waals surface area contributed by atoms with Crippen molar-refractivity contribution in [1.29, 1.82) is 0 Å². The van der Waals surface area contributed by atoms with E-state index in [1.165, 1.54) is 25.0 Å². The van der Waals surface area contributed by atoms with Crippen LogP contribution >= 0.6 is 0 Å². The molecule has 8 heteroatoms.